The number of aromatic nitrogens is 1. The summed E-state index contributed by atoms with van der Waals surface area (Å²) in [6.07, 6.45) is 5.63. The Kier molecular flexibility index (Phi) is 5.12. The summed E-state index contributed by atoms with van der Waals surface area (Å²) in [5, 5.41) is 0. The fourth-order valence-corrected chi connectivity index (χ4v) is 4.15. The standard InChI is InChI=1S/C22H28N4O/c1-17-3-5-19-6-4-18(15-21(19)24(2)22(17)27)16-25-11-13-26(14-12-25)20-7-9-23-10-8-20/h4,6-10,15,17H,3,5,11-14,16H2,1-2H3. The Morgan fingerprint density at radius 1 is 1.07 bits per heavy atom. The van der Waals surface area contributed by atoms with E-state index in [9.17, 15) is 4.79 Å². The number of fused-ring (bicyclic) bond motifs is 1. The Morgan fingerprint density at radius 2 is 1.81 bits per heavy atom. The molecule has 0 saturated carbocycles. The Labute approximate surface area is 161 Å². The van der Waals surface area contributed by atoms with Gasteiger partial charge in [0.15, 0.2) is 0 Å². The molecule has 0 spiro atoms. The highest BCUT2D eigenvalue weighted by molar-refractivity contribution is 5.95. The molecule has 3 heterocycles. The number of nitrogens with zero attached hydrogens (tertiary/aromatic N) is 4. The summed E-state index contributed by atoms with van der Waals surface area (Å²) in [4.78, 5) is 23.4. The molecule has 1 fully saturated rings. The van der Waals surface area contributed by atoms with Gasteiger partial charge in [-0.05, 0) is 42.2 Å². The molecule has 2 aliphatic heterocycles. The molecule has 0 radical (unpaired) electrons. The number of piperazine rings is 1. The van der Waals surface area contributed by atoms with Crippen molar-refractivity contribution in [2.45, 2.75) is 26.3 Å². The lowest BCUT2D eigenvalue weighted by Gasteiger charge is -2.36. The molecule has 2 aliphatic rings. The number of hydrogen-bond donors (Lipinski definition) is 0. The van der Waals surface area contributed by atoms with Crippen LogP contribution in [0.1, 0.15) is 24.5 Å². The van der Waals surface area contributed by atoms with Gasteiger partial charge in [0.05, 0.1) is 0 Å². The second-order valence-corrected chi connectivity index (χ2v) is 7.77. The summed E-state index contributed by atoms with van der Waals surface area (Å²) in [6, 6.07) is 10.8. The monoisotopic (exact) mass is 364 g/mol. The summed E-state index contributed by atoms with van der Waals surface area (Å²) < 4.78 is 0. The predicted octanol–water partition coefficient (Wildman–Crippen LogP) is 2.95. The zero-order valence-electron chi connectivity index (χ0n) is 16.3. The van der Waals surface area contributed by atoms with Crippen molar-refractivity contribution in [3.63, 3.8) is 0 Å². The number of amides is 1. The van der Waals surface area contributed by atoms with E-state index in [0.717, 1.165) is 51.3 Å². The van der Waals surface area contributed by atoms with Crippen molar-refractivity contribution >= 4 is 17.3 Å². The maximum Gasteiger partial charge on any atom is 0.229 e. The van der Waals surface area contributed by atoms with E-state index >= 15 is 0 Å². The minimum atomic E-state index is 0.104. The normalized spacial score (nSPS) is 21.1. The van der Waals surface area contributed by atoms with Crippen LogP contribution in [0.2, 0.25) is 0 Å². The van der Waals surface area contributed by atoms with E-state index < -0.39 is 0 Å². The van der Waals surface area contributed by atoms with Crippen molar-refractivity contribution in [2.75, 3.05) is 43.0 Å². The molecule has 4 rings (SSSR count). The number of rotatable bonds is 3. The van der Waals surface area contributed by atoms with Crippen LogP contribution in [0.5, 0.6) is 0 Å². The molecular formula is C22H28N4O. The van der Waals surface area contributed by atoms with E-state index in [4.69, 9.17) is 0 Å². The molecule has 0 N–H and O–H groups in total. The molecule has 2 aromatic rings. The maximum absolute atomic E-state index is 12.5. The zero-order chi connectivity index (χ0) is 18.8. The van der Waals surface area contributed by atoms with Gasteiger partial charge in [0.25, 0.3) is 0 Å². The summed E-state index contributed by atoms with van der Waals surface area (Å²) in [7, 11) is 1.92. The first-order valence-corrected chi connectivity index (χ1v) is 9.88. The van der Waals surface area contributed by atoms with Crippen molar-refractivity contribution in [1.29, 1.82) is 0 Å². The molecule has 0 aliphatic carbocycles. The van der Waals surface area contributed by atoms with Crippen LogP contribution >= 0.6 is 0 Å². The van der Waals surface area contributed by atoms with Gasteiger partial charge in [0.1, 0.15) is 0 Å². The van der Waals surface area contributed by atoms with Gasteiger partial charge < -0.3 is 9.80 Å². The quantitative estimate of drug-likeness (QED) is 0.840. The van der Waals surface area contributed by atoms with Crippen LogP contribution in [0.3, 0.4) is 0 Å². The third-order valence-electron chi connectivity index (χ3n) is 5.92. The molecule has 1 amide bonds. The largest absolute Gasteiger partial charge is 0.369 e. The number of aryl methyl sites for hydroxylation is 1. The van der Waals surface area contributed by atoms with Crippen LogP contribution in [0, 0.1) is 5.92 Å². The second-order valence-electron chi connectivity index (χ2n) is 7.77. The molecule has 142 valence electrons. The van der Waals surface area contributed by atoms with Gasteiger partial charge >= 0.3 is 0 Å². The highest BCUT2D eigenvalue weighted by Gasteiger charge is 2.25. The van der Waals surface area contributed by atoms with E-state index in [0.29, 0.717) is 0 Å². The van der Waals surface area contributed by atoms with Gasteiger partial charge in [-0.15, -0.1) is 0 Å². The summed E-state index contributed by atoms with van der Waals surface area (Å²) in [5.74, 6) is 0.337. The number of anilines is 2. The Balaban J connectivity index is 1.42. The maximum atomic E-state index is 12.5. The molecule has 1 atom stereocenters. The first kappa shape index (κ1) is 18.0. The third-order valence-corrected chi connectivity index (χ3v) is 5.92. The van der Waals surface area contributed by atoms with E-state index in [2.05, 4.69) is 45.1 Å². The predicted molar refractivity (Wildman–Crippen MR) is 109 cm³/mol. The molecule has 0 bridgehead atoms. The lowest BCUT2D eigenvalue weighted by molar-refractivity contribution is -0.121. The van der Waals surface area contributed by atoms with Gasteiger partial charge in [0.2, 0.25) is 5.91 Å². The lowest BCUT2D eigenvalue weighted by Crippen LogP contribution is -2.46. The lowest BCUT2D eigenvalue weighted by atomic mass is 10.0. The highest BCUT2D eigenvalue weighted by Crippen LogP contribution is 2.30. The van der Waals surface area contributed by atoms with Gasteiger partial charge in [-0.2, -0.15) is 0 Å². The minimum absolute atomic E-state index is 0.104. The molecule has 1 aromatic heterocycles. The SMILES string of the molecule is CC1CCc2ccc(CN3CCN(c4ccncc4)CC3)cc2N(C)C1=O. The average molecular weight is 364 g/mol. The van der Waals surface area contributed by atoms with Crippen LogP contribution in [0.4, 0.5) is 11.4 Å². The van der Waals surface area contributed by atoms with E-state index in [1.807, 2.05) is 31.3 Å². The van der Waals surface area contributed by atoms with Gasteiger partial charge in [-0.1, -0.05) is 19.1 Å². The summed E-state index contributed by atoms with van der Waals surface area (Å²) in [6.45, 7) is 7.13. The van der Waals surface area contributed by atoms with Crippen molar-refractivity contribution in [1.82, 2.24) is 9.88 Å². The molecular weight excluding hydrogens is 336 g/mol. The first-order valence-electron chi connectivity index (χ1n) is 9.88. The first-order chi connectivity index (χ1) is 13.1. The van der Waals surface area contributed by atoms with Crippen LogP contribution in [0.15, 0.2) is 42.7 Å². The van der Waals surface area contributed by atoms with Gasteiger partial charge in [0, 0.05) is 69.5 Å². The number of carbonyl (C=O) groups is 1. The van der Waals surface area contributed by atoms with Crippen LogP contribution in [-0.2, 0) is 17.8 Å². The molecule has 1 aromatic carbocycles. The fraction of sp³-hybridized carbons (Fsp3) is 0.455. The molecule has 27 heavy (non-hydrogen) atoms. The van der Waals surface area contributed by atoms with Crippen LogP contribution < -0.4 is 9.80 Å². The van der Waals surface area contributed by atoms with Crippen LogP contribution in [-0.4, -0.2) is 49.0 Å². The molecule has 5 nitrogen and oxygen atoms in total. The van der Waals surface area contributed by atoms with E-state index in [-0.39, 0.29) is 11.8 Å². The number of benzene rings is 1. The topological polar surface area (TPSA) is 39.7 Å². The minimum Gasteiger partial charge on any atom is -0.369 e. The fourth-order valence-electron chi connectivity index (χ4n) is 4.15. The summed E-state index contributed by atoms with van der Waals surface area (Å²) >= 11 is 0. The van der Waals surface area contributed by atoms with Crippen molar-refractivity contribution in [3.8, 4) is 0 Å². The zero-order valence-corrected chi connectivity index (χ0v) is 16.3. The van der Waals surface area contributed by atoms with Crippen molar-refractivity contribution < 1.29 is 4.79 Å². The van der Waals surface area contributed by atoms with Gasteiger partial charge in [-0.3, -0.25) is 14.7 Å². The molecule has 1 unspecified atom stereocenters. The van der Waals surface area contributed by atoms with Crippen molar-refractivity contribution in [3.05, 3.63) is 53.9 Å². The van der Waals surface area contributed by atoms with Gasteiger partial charge in [-0.25, -0.2) is 0 Å². The summed E-state index contributed by atoms with van der Waals surface area (Å²) in [5.41, 5.74) is 4.93. The molecule has 5 heteroatoms. The number of carbonyl (C=O) groups excluding carboxylic acids is 1. The Hall–Kier alpha value is -2.40. The number of hydrogen-bond acceptors (Lipinski definition) is 4. The van der Waals surface area contributed by atoms with Crippen LogP contribution in [0.25, 0.3) is 0 Å². The second kappa shape index (κ2) is 7.69. The smallest absolute Gasteiger partial charge is 0.229 e. The molecule has 1 saturated heterocycles. The van der Waals surface area contributed by atoms with Crippen molar-refractivity contribution in [2.24, 2.45) is 5.92 Å². The van der Waals surface area contributed by atoms with E-state index in [1.54, 1.807) is 0 Å². The Bertz CT molecular complexity index is 799. The highest BCUT2D eigenvalue weighted by atomic mass is 16.2. The van der Waals surface area contributed by atoms with E-state index in [1.165, 1.54) is 16.8 Å². The third kappa shape index (κ3) is 3.83. The Morgan fingerprint density at radius 3 is 2.56 bits per heavy atom. The average Bonchev–Trinajstić information content (AvgIpc) is 2.82. The number of pyridine rings is 1.